The van der Waals surface area contributed by atoms with E-state index in [0.29, 0.717) is 11.9 Å². The van der Waals surface area contributed by atoms with Crippen LogP contribution in [0.3, 0.4) is 0 Å². The van der Waals surface area contributed by atoms with Crippen LogP contribution in [0.1, 0.15) is 82.6 Å². The molecule has 2 aliphatic heterocycles. The van der Waals surface area contributed by atoms with Crippen molar-refractivity contribution in [2.75, 3.05) is 18.0 Å². The number of aliphatic imine (C=N–C) groups is 1. The molecule has 0 bridgehead atoms. The molecule has 1 aromatic carbocycles. The molecule has 1 unspecified atom stereocenters. The number of anilines is 1. The average molecular weight is 408 g/mol. The zero-order valence-electron chi connectivity index (χ0n) is 18.6. The molecule has 30 heavy (non-hydrogen) atoms. The lowest BCUT2D eigenvalue weighted by atomic mass is 9.69. The Bertz CT molecular complexity index is 781. The van der Waals surface area contributed by atoms with Crippen molar-refractivity contribution >= 4 is 17.4 Å². The lowest BCUT2D eigenvalue weighted by Crippen LogP contribution is -2.50. The molecular weight excluding hydrogens is 370 g/mol. The first-order chi connectivity index (χ1) is 14.7. The molecule has 162 valence electrons. The Kier molecular flexibility index (Phi) is 5.70. The summed E-state index contributed by atoms with van der Waals surface area (Å²) < 4.78 is 0. The van der Waals surface area contributed by atoms with Crippen LogP contribution in [0.4, 0.5) is 5.69 Å². The lowest BCUT2D eigenvalue weighted by molar-refractivity contribution is -0.129. The highest BCUT2D eigenvalue weighted by atomic mass is 16.2. The fourth-order valence-corrected chi connectivity index (χ4v) is 6.46. The normalized spacial score (nSPS) is 29.4. The molecule has 1 spiro atoms. The average Bonchev–Trinajstić information content (AvgIpc) is 3.37. The van der Waals surface area contributed by atoms with Gasteiger partial charge in [0.25, 0.3) is 0 Å². The van der Waals surface area contributed by atoms with E-state index in [1.54, 1.807) is 0 Å². The molecule has 5 rings (SSSR count). The van der Waals surface area contributed by atoms with E-state index in [2.05, 4.69) is 41.0 Å². The first-order valence-electron chi connectivity index (χ1n) is 12.4. The number of likely N-dealkylation sites (tertiary alicyclic amines) is 1. The second-order valence-corrected chi connectivity index (χ2v) is 10.1. The highest BCUT2D eigenvalue weighted by Crippen LogP contribution is 2.50. The Morgan fingerprint density at radius 2 is 1.50 bits per heavy atom. The van der Waals surface area contributed by atoms with E-state index in [9.17, 15) is 4.79 Å². The van der Waals surface area contributed by atoms with Crippen LogP contribution in [0.2, 0.25) is 0 Å². The van der Waals surface area contributed by atoms with Gasteiger partial charge in [-0.05, 0) is 70.7 Å². The van der Waals surface area contributed by atoms with Crippen molar-refractivity contribution in [3.8, 4) is 0 Å². The van der Waals surface area contributed by atoms with Crippen LogP contribution < -0.4 is 4.90 Å². The minimum atomic E-state index is -0.263. The van der Waals surface area contributed by atoms with Crippen molar-refractivity contribution in [2.24, 2.45) is 10.4 Å². The van der Waals surface area contributed by atoms with E-state index in [1.165, 1.54) is 69.8 Å². The second-order valence-electron chi connectivity index (χ2n) is 10.1. The van der Waals surface area contributed by atoms with E-state index in [4.69, 9.17) is 4.99 Å². The van der Waals surface area contributed by atoms with Gasteiger partial charge in [-0.2, -0.15) is 0 Å². The topological polar surface area (TPSA) is 35.9 Å². The van der Waals surface area contributed by atoms with Crippen molar-refractivity contribution in [3.63, 3.8) is 0 Å². The first-order valence-corrected chi connectivity index (χ1v) is 12.4. The first kappa shape index (κ1) is 20.2. The van der Waals surface area contributed by atoms with Crippen LogP contribution >= 0.6 is 0 Å². The van der Waals surface area contributed by atoms with Gasteiger partial charge in [-0.15, -0.1) is 0 Å². The van der Waals surface area contributed by atoms with E-state index >= 15 is 0 Å². The maximum atomic E-state index is 14.2. The summed E-state index contributed by atoms with van der Waals surface area (Å²) in [5.74, 6) is 1.41. The Balaban J connectivity index is 1.62. The molecule has 2 aliphatic carbocycles. The van der Waals surface area contributed by atoms with Gasteiger partial charge in [0.2, 0.25) is 5.91 Å². The van der Waals surface area contributed by atoms with Crippen molar-refractivity contribution < 1.29 is 4.79 Å². The zero-order valence-corrected chi connectivity index (χ0v) is 18.6. The van der Waals surface area contributed by atoms with Gasteiger partial charge in [0.1, 0.15) is 5.84 Å². The van der Waals surface area contributed by atoms with Crippen LogP contribution in [0, 0.1) is 12.3 Å². The fraction of sp³-hybridized carbons (Fsp3) is 0.692. The Labute approximate surface area is 181 Å². The minimum Gasteiger partial charge on any atom is -0.293 e. The molecule has 4 aliphatic rings. The van der Waals surface area contributed by atoms with Crippen molar-refractivity contribution in [1.29, 1.82) is 0 Å². The van der Waals surface area contributed by atoms with Gasteiger partial charge in [-0.3, -0.25) is 19.6 Å². The fourth-order valence-electron chi connectivity index (χ4n) is 6.46. The summed E-state index contributed by atoms with van der Waals surface area (Å²) in [4.78, 5) is 24.3. The number of nitrogens with zero attached hydrogens (tertiary/aromatic N) is 3. The van der Waals surface area contributed by atoms with E-state index in [0.717, 1.165) is 37.5 Å². The number of carbonyl (C=O) groups excluding carboxylic acids is 1. The summed E-state index contributed by atoms with van der Waals surface area (Å²) in [6.45, 7) is 4.35. The zero-order chi connectivity index (χ0) is 20.6. The minimum absolute atomic E-state index is 0.177. The summed E-state index contributed by atoms with van der Waals surface area (Å²) in [7, 11) is 0. The van der Waals surface area contributed by atoms with Crippen LogP contribution in [-0.2, 0) is 4.79 Å². The van der Waals surface area contributed by atoms with Crippen molar-refractivity contribution in [2.45, 2.75) is 96.1 Å². The largest absolute Gasteiger partial charge is 0.293 e. The number of amides is 1. The molecule has 2 saturated heterocycles. The third kappa shape index (κ3) is 3.51. The molecule has 1 amide bonds. The maximum Gasteiger partial charge on any atom is 0.240 e. The van der Waals surface area contributed by atoms with E-state index < -0.39 is 0 Å². The van der Waals surface area contributed by atoms with Gasteiger partial charge < -0.3 is 0 Å². The quantitative estimate of drug-likeness (QED) is 0.664. The van der Waals surface area contributed by atoms with Gasteiger partial charge in [0.15, 0.2) is 0 Å². The summed E-state index contributed by atoms with van der Waals surface area (Å²) in [5.41, 5.74) is 1.99. The SMILES string of the molecule is Cc1ccc(N2C(=O)C3(CCCCC3)C(N3CCCC3)C2=NC2CCCCC2)cc1. The molecule has 0 radical (unpaired) electrons. The number of hydrogen-bond donors (Lipinski definition) is 0. The Morgan fingerprint density at radius 3 is 2.17 bits per heavy atom. The predicted molar refractivity (Wildman–Crippen MR) is 123 cm³/mol. The third-order valence-corrected chi connectivity index (χ3v) is 8.06. The van der Waals surface area contributed by atoms with E-state index in [1.807, 2.05) is 0 Å². The standard InChI is InChI=1S/C26H37N3O/c1-20-12-14-22(15-13-20)29-24(27-21-10-4-2-5-11-21)23(28-18-8-9-19-28)26(25(29)30)16-6-3-7-17-26/h12-15,21,23H,2-11,16-19H2,1H3. The Morgan fingerprint density at radius 1 is 0.867 bits per heavy atom. The van der Waals surface area contributed by atoms with Gasteiger partial charge >= 0.3 is 0 Å². The number of carbonyl (C=O) groups is 1. The van der Waals surface area contributed by atoms with Crippen LogP contribution in [0.5, 0.6) is 0 Å². The number of benzene rings is 1. The molecule has 0 N–H and O–H groups in total. The third-order valence-electron chi connectivity index (χ3n) is 8.06. The molecule has 2 saturated carbocycles. The monoisotopic (exact) mass is 407 g/mol. The maximum absolute atomic E-state index is 14.2. The van der Waals surface area contributed by atoms with Crippen LogP contribution in [0.25, 0.3) is 0 Å². The summed E-state index contributed by atoms with van der Waals surface area (Å²) >= 11 is 0. The van der Waals surface area contributed by atoms with Crippen molar-refractivity contribution in [1.82, 2.24) is 4.90 Å². The number of rotatable bonds is 3. The second kappa shape index (κ2) is 8.45. The number of hydrogen-bond acceptors (Lipinski definition) is 3. The highest BCUT2D eigenvalue weighted by Gasteiger charge is 2.60. The van der Waals surface area contributed by atoms with Gasteiger partial charge in [0.05, 0.1) is 23.2 Å². The van der Waals surface area contributed by atoms with Gasteiger partial charge in [-0.25, -0.2) is 0 Å². The van der Waals surface area contributed by atoms with E-state index in [-0.39, 0.29) is 11.5 Å². The summed E-state index contributed by atoms with van der Waals surface area (Å²) in [5, 5.41) is 0. The molecular formula is C26H37N3O. The molecule has 1 aromatic rings. The van der Waals surface area contributed by atoms with Crippen molar-refractivity contribution in [3.05, 3.63) is 29.8 Å². The van der Waals surface area contributed by atoms with Gasteiger partial charge in [-0.1, -0.05) is 56.2 Å². The number of amidine groups is 1. The molecule has 0 aromatic heterocycles. The predicted octanol–water partition coefficient (Wildman–Crippen LogP) is 5.49. The molecule has 1 atom stereocenters. The number of aryl methyl sites for hydroxylation is 1. The molecule has 4 heteroatoms. The lowest BCUT2D eigenvalue weighted by Gasteiger charge is -2.40. The smallest absolute Gasteiger partial charge is 0.240 e. The highest BCUT2D eigenvalue weighted by molar-refractivity contribution is 6.27. The van der Waals surface area contributed by atoms with Crippen LogP contribution in [0.15, 0.2) is 29.3 Å². The van der Waals surface area contributed by atoms with Gasteiger partial charge in [0, 0.05) is 0 Å². The summed E-state index contributed by atoms with van der Waals surface area (Å²) in [6.07, 6.45) is 14.4. The van der Waals surface area contributed by atoms with Crippen LogP contribution in [-0.4, -0.2) is 41.8 Å². The molecule has 4 fully saturated rings. The Hall–Kier alpha value is -1.68. The molecule has 4 nitrogen and oxygen atoms in total. The summed E-state index contributed by atoms with van der Waals surface area (Å²) in [6, 6.07) is 9.10. The molecule has 2 heterocycles.